The molecule has 0 spiro atoms. The Hall–Kier alpha value is 0.0166. The van der Waals surface area contributed by atoms with Crippen LogP contribution in [0.15, 0.2) is 12.2 Å². The number of carboxylic acids is 2. The van der Waals surface area contributed by atoms with Crippen LogP contribution in [0.5, 0.6) is 0 Å². The summed E-state index contributed by atoms with van der Waals surface area (Å²) in [5.41, 5.74) is 0. The number of aliphatic hydroxyl groups is 1. The molecule has 0 heterocycles. The van der Waals surface area contributed by atoms with Gasteiger partial charge in [-0.3, -0.25) is 0 Å². The van der Waals surface area contributed by atoms with E-state index < -0.39 is 11.9 Å². The maximum Gasteiger partial charge on any atom is 2.00 e. The van der Waals surface area contributed by atoms with Crippen molar-refractivity contribution in [3.8, 4) is 0 Å². The summed E-state index contributed by atoms with van der Waals surface area (Å²) < 4.78 is 0. The van der Waals surface area contributed by atoms with Crippen LogP contribution in [-0.4, -0.2) is 23.7 Å². The summed E-state index contributed by atoms with van der Waals surface area (Å²) >= 11 is 0. The van der Waals surface area contributed by atoms with Gasteiger partial charge in [-0.25, -0.2) is 0 Å². The first-order chi connectivity index (χ1) is 12.5. The molecule has 27 heavy (non-hydrogen) atoms. The van der Waals surface area contributed by atoms with Crippen molar-refractivity contribution in [1.29, 1.82) is 0 Å². The molecule has 0 aliphatic carbocycles. The number of unbranched alkanes of at least 4 members (excludes halogenated alkanes) is 11. The molecule has 0 aliphatic rings. The van der Waals surface area contributed by atoms with Gasteiger partial charge in [0.25, 0.3) is 0 Å². The van der Waals surface area contributed by atoms with Crippen molar-refractivity contribution in [3.05, 3.63) is 12.2 Å². The van der Waals surface area contributed by atoms with Gasteiger partial charge in [0.05, 0.1) is 0 Å². The second-order valence-corrected chi connectivity index (χ2v) is 6.55. The summed E-state index contributed by atoms with van der Waals surface area (Å²) in [6.45, 7) is 1.93. The van der Waals surface area contributed by atoms with Crippen molar-refractivity contribution in [2.24, 2.45) is 0 Å². The molecule has 1 N–H and O–H groups in total. The van der Waals surface area contributed by atoms with Crippen LogP contribution in [0.3, 0.4) is 0 Å². The fourth-order valence-corrected chi connectivity index (χ4v) is 2.43. The quantitative estimate of drug-likeness (QED) is 0.240. The van der Waals surface area contributed by atoms with Crippen molar-refractivity contribution >= 4 is 11.9 Å². The third-order valence-electron chi connectivity index (χ3n) is 3.96. The molecule has 0 saturated carbocycles. The predicted molar refractivity (Wildman–Crippen MR) is 101 cm³/mol. The molecular formula is C21H38CeO5. The normalized spacial score (nSPS) is 10.1. The van der Waals surface area contributed by atoms with Crippen molar-refractivity contribution < 1.29 is 66.7 Å². The molecule has 5 nitrogen and oxygen atoms in total. The topological polar surface area (TPSA) is 100 Å². The summed E-state index contributed by atoms with van der Waals surface area (Å²) in [5, 5.41) is 27.4. The van der Waals surface area contributed by atoms with Crippen LogP contribution in [0.2, 0.25) is 0 Å². The van der Waals surface area contributed by atoms with Crippen molar-refractivity contribution in [1.82, 2.24) is 0 Å². The molecule has 0 saturated heterocycles. The van der Waals surface area contributed by atoms with E-state index in [4.69, 9.17) is 5.11 Å². The van der Waals surface area contributed by atoms with E-state index in [9.17, 15) is 19.8 Å². The average Bonchev–Trinajstić information content (AvgIpc) is 2.58. The Morgan fingerprint density at radius 1 is 0.704 bits per heavy atom. The van der Waals surface area contributed by atoms with Gasteiger partial charge in [0.15, 0.2) is 0 Å². The Morgan fingerprint density at radius 3 is 1.48 bits per heavy atom. The number of carbonyl (C=O) groups excluding carboxylic acids is 2. The summed E-state index contributed by atoms with van der Waals surface area (Å²) in [4.78, 5) is 19.5. The third-order valence-corrected chi connectivity index (χ3v) is 3.96. The van der Waals surface area contributed by atoms with Crippen LogP contribution in [0.4, 0.5) is 0 Å². The van der Waals surface area contributed by atoms with Gasteiger partial charge in [0, 0.05) is 25.0 Å². The molecule has 0 aromatic rings. The molecule has 0 bridgehead atoms. The van der Waals surface area contributed by atoms with Gasteiger partial charge in [-0.05, 0) is 38.5 Å². The molecule has 6 heteroatoms. The molecule has 156 valence electrons. The molecule has 0 atom stereocenters. The van der Waals surface area contributed by atoms with Gasteiger partial charge in [0.1, 0.15) is 0 Å². The maximum atomic E-state index is 10.2. The van der Waals surface area contributed by atoms with E-state index >= 15 is 0 Å². The van der Waals surface area contributed by atoms with Crippen LogP contribution < -0.4 is 10.2 Å². The van der Waals surface area contributed by atoms with Gasteiger partial charge in [0.2, 0.25) is 0 Å². The van der Waals surface area contributed by atoms with E-state index in [1.807, 2.05) is 0 Å². The number of rotatable bonds is 17. The van der Waals surface area contributed by atoms with Crippen molar-refractivity contribution in [3.63, 3.8) is 0 Å². The van der Waals surface area contributed by atoms with Crippen molar-refractivity contribution in [2.45, 2.75) is 103 Å². The number of hydrogen-bond acceptors (Lipinski definition) is 5. The molecule has 0 amide bonds. The zero-order valence-electron chi connectivity index (χ0n) is 17.0. The van der Waals surface area contributed by atoms with Crippen LogP contribution in [0, 0.1) is 41.7 Å². The Balaban J connectivity index is -0.000000709. The number of aliphatic carboxylic acids is 2. The molecule has 0 radical (unpaired) electrons. The first kappa shape index (κ1) is 31.7. The molecule has 0 aliphatic heterocycles. The van der Waals surface area contributed by atoms with Crippen LogP contribution >= 0.6 is 0 Å². The molecule has 0 aromatic carbocycles. The number of carbonyl (C=O) groups is 2. The fraction of sp³-hybridized carbons (Fsp3) is 0.810. The Bertz CT molecular complexity index is 345. The average molecular weight is 511 g/mol. The van der Waals surface area contributed by atoms with E-state index in [1.165, 1.54) is 64.2 Å². The Labute approximate surface area is 199 Å². The summed E-state index contributed by atoms with van der Waals surface area (Å²) in [6.07, 6.45) is 20.6. The van der Waals surface area contributed by atoms with Gasteiger partial charge in [-0.1, -0.05) is 70.4 Å². The number of aliphatic hydroxyl groups excluding tert-OH is 1. The Morgan fingerprint density at radius 2 is 1.11 bits per heavy atom. The van der Waals surface area contributed by atoms with Gasteiger partial charge < -0.3 is 24.9 Å². The van der Waals surface area contributed by atoms with E-state index in [0.717, 1.165) is 19.3 Å². The number of allylic oxidation sites excluding steroid dienone is 2. The molecular weight excluding hydrogens is 472 g/mol. The molecule has 0 rings (SSSR count). The van der Waals surface area contributed by atoms with Crippen LogP contribution in [-0.2, 0) is 9.59 Å². The van der Waals surface area contributed by atoms with E-state index in [0.29, 0.717) is 0 Å². The zero-order valence-corrected chi connectivity index (χ0v) is 20.2. The predicted octanol–water partition coefficient (Wildman–Crippen LogP) is 2.89. The SMILES string of the molecule is CCCCCCCC/C=C\CCCCCCCC(=O)[O-].O=C([O-])CCO.[Ce+2]. The monoisotopic (exact) mass is 510 g/mol. The fourth-order valence-electron chi connectivity index (χ4n) is 2.43. The largest absolute Gasteiger partial charge is 2.00 e. The van der Waals surface area contributed by atoms with Crippen LogP contribution in [0.25, 0.3) is 0 Å². The second-order valence-electron chi connectivity index (χ2n) is 6.55. The minimum atomic E-state index is -1.21. The summed E-state index contributed by atoms with van der Waals surface area (Å²) in [6, 6.07) is 0. The zero-order chi connectivity index (χ0) is 19.9. The van der Waals surface area contributed by atoms with Gasteiger partial charge in [-0.2, -0.15) is 0 Å². The number of hydrogen-bond donors (Lipinski definition) is 1. The smallest absolute Gasteiger partial charge is 0.550 e. The van der Waals surface area contributed by atoms with Gasteiger partial charge in [-0.15, -0.1) is 0 Å². The van der Waals surface area contributed by atoms with Crippen molar-refractivity contribution in [2.75, 3.05) is 6.61 Å². The standard InChI is InChI=1S/C18H34O2.C3H6O3.Ce/c1-2-3-4-5-6-7-8-9-10-11-12-13-14-15-16-17-18(19)20;4-2-1-3(5)6;/h9-10H,2-8,11-17H2,1H3,(H,19,20);4H,1-2H2,(H,5,6);/q;;+2/p-2/b10-9-;;. The number of carboxylic acid groups (broad SMARTS) is 2. The second kappa shape index (κ2) is 28.2. The third kappa shape index (κ3) is 37.5. The van der Waals surface area contributed by atoms with E-state index in [2.05, 4.69) is 19.1 Å². The minimum Gasteiger partial charge on any atom is -0.550 e. The van der Waals surface area contributed by atoms with E-state index in [-0.39, 0.29) is 61.2 Å². The summed E-state index contributed by atoms with van der Waals surface area (Å²) in [5.74, 6) is -2.12. The first-order valence-electron chi connectivity index (χ1n) is 10.2. The maximum absolute atomic E-state index is 10.2. The first-order valence-corrected chi connectivity index (χ1v) is 10.2. The minimum absolute atomic E-state index is 0. The molecule has 0 fully saturated rings. The molecule has 0 unspecified atom stereocenters. The Kier molecular flexibility index (Phi) is 33.1. The van der Waals surface area contributed by atoms with Gasteiger partial charge >= 0.3 is 41.7 Å². The van der Waals surface area contributed by atoms with E-state index in [1.54, 1.807) is 0 Å². The summed E-state index contributed by atoms with van der Waals surface area (Å²) in [7, 11) is 0. The van der Waals surface area contributed by atoms with Crippen LogP contribution in [0.1, 0.15) is 103 Å². The molecule has 0 aromatic heterocycles.